The van der Waals surface area contributed by atoms with E-state index in [1.165, 1.54) is 5.56 Å². The smallest absolute Gasteiger partial charge is 0.0561 e. The molecule has 94 valence electrons. The van der Waals surface area contributed by atoms with Crippen LogP contribution in [-0.2, 0) is 4.74 Å². The Morgan fingerprint density at radius 3 is 2.71 bits per heavy atom. The molecule has 1 N–H and O–H groups in total. The van der Waals surface area contributed by atoms with E-state index in [0.29, 0.717) is 18.2 Å². The minimum atomic E-state index is 0.363. The molecule has 0 bridgehead atoms. The van der Waals surface area contributed by atoms with Crippen molar-refractivity contribution in [2.24, 2.45) is 0 Å². The molecule has 1 aromatic rings. The predicted molar refractivity (Wildman–Crippen MR) is 71.4 cm³/mol. The van der Waals surface area contributed by atoms with Crippen LogP contribution in [0.15, 0.2) is 24.3 Å². The first-order valence-electron chi connectivity index (χ1n) is 6.28. The molecule has 17 heavy (non-hydrogen) atoms. The monoisotopic (exact) mass is 253 g/mol. The largest absolute Gasteiger partial charge is 0.378 e. The molecule has 0 radical (unpaired) electrons. The summed E-state index contributed by atoms with van der Waals surface area (Å²) in [6, 6.07) is 8.99. The highest BCUT2D eigenvalue weighted by Gasteiger charge is 2.20. The Morgan fingerprint density at radius 1 is 1.35 bits per heavy atom. The Morgan fingerprint density at radius 2 is 2.06 bits per heavy atom. The second-order valence-corrected chi connectivity index (χ2v) is 5.28. The van der Waals surface area contributed by atoms with Gasteiger partial charge in [0.05, 0.1) is 6.10 Å². The molecule has 2 rings (SSSR count). The van der Waals surface area contributed by atoms with Gasteiger partial charge in [-0.05, 0) is 44.4 Å². The lowest BCUT2D eigenvalue weighted by Gasteiger charge is -2.30. The zero-order chi connectivity index (χ0) is 12.3. The minimum absolute atomic E-state index is 0.363. The lowest BCUT2D eigenvalue weighted by molar-refractivity contribution is 0.0116. The van der Waals surface area contributed by atoms with Gasteiger partial charge in [-0.15, -0.1) is 0 Å². The standard InChI is InChI=1S/C14H20ClNO/c1-10-9-14(7-8-17-10)16-11(2)12-3-5-13(15)6-4-12/h3-6,10-11,14,16H,7-9H2,1-2H3/t10?,11-,14?/m0/s1. The van der Waals surface area contributed by atoms with Crippen LogP contribution in [0.25, 0.3) is 0 Å². The van der Waals surface area contributed by atoms with Gasteiger partial charge in [-0.25, -0.2) is 0 Å². The Balaban J connectivity index is 1.91. The Bertz CT molecular complexity index is 352. The Labute approximate surface area is 108 Å². The van der Waals surface area contributed by atoms with Crippen molar-refractivity contribution < 1.29 is 4.74 Å². The van der Waals surface area contributed by atoms with Crippen LogP contribution >= 0.6 is 11.6 Å². The van der Waals surface area contributed by atoms with E-state index in [2.05, 4.69) is 31.3 Å². The highest BCUT2D eigenvalue weighted by molar-refractivity contribution is 6.30. The highest BCUT2D eigenvalue weighted by Crippen LogP contribution is 2.20. The molecule has 0 aromatic heterocycles. The maximum absolute atomic E-state index is 5.89. The molecular weight excluding hydrogens is 234 g/mol. The number of ether oxygens (including phenoxy) is 1. The average Bonchev–Trinajstić information content (AvgIpc) is 2.29. The molecule has 1 aliphatic heterocycles. The normalized spacial score (nSPS) is 26.8. The summed E-state index contributed by atoms with van der Waals surface area (Å²) < 4.78 is 5.55. The molecule has 2 unspecified atom stereocenters. The zero-order valence-corrected chi connectivity index (χ0v) is 11.2. The van der Waals surface area contributed by atoms with E-state index >= 15 is 0 Å². The SMILES string of the molecule is CC1CC(N[C@@H](C)c2ccc(Cl)cc2)CCO1. The summed E-state index contributed by atoms with van der Waals surface area (Å²) in [6.07, 6.45) is 2.57. The van der Waals surface area contributed by atoms with Gasteiger partial charge in [0.15, 0.2) is 0 Å². The molecular formula is C14H20ClNO. The predicted octanol–water partition coefficient (Wildman–Crippen LogP) is 3.56. The Hall–Kier alpha value is -0.570. The van der Waals surface area contributed by atoms with Gasteiger partial charge in [-0.2, -0.15) is 0 Å². The van der Waals surface area contributed by atoms with Crippen molar-refractivity contribution in [2.75, 3.05) is 6.61 Å². The van der Waals surface area contributed by atoms with Gasteiger partial charge in [-0.3, -0.25) is 0 Å². The van der Waals surface area contributed by atoms with Gasteiger partial charge in [0.2, 0.25) is 0 Å². The number of nitrogens with one attached hydrogen (secondary N) is 1. The number of halogens is 1. The van der Waals surface area contributed by atoms with E-state index in [1.54, 1.807) is 0 Å². The number of benzene rings is 1. The summed E-state index contributed by atoms with van der Waals surface area (Å²) in [6.45, 7) is 5.20. The summed E-state index contributed by atoms with van der Waals surface area (Å²) in [5.74, 6) is 0. The minimum Gasteiger partial charge on any atom is -0.378 e. The van der Waals surface area contributed by atoms with Crippen molar-refractivity contribution in [3.8, 4) is 0 Å². The van der Waals surface area contributed by atoms with Crippen molar-refractivity contribution >= 4 is 11.6 Å². The number of hydrogen-bond donors (Lipinski definition) is 1. The first-order valence-corrected chi connectivity index (χ1v) is 6.66. The fourth-order valence-corrected chi connectivity index (χ4v) is 2.48. The molecule has 3 heteroatoms. The van der Waals surface area contributed by atoms with E-state index in [4.69, 9.17) is 16.3 Å². The van der Waals surface area contributed by atoms with Crippen molar-refractivity contribution in [2.45, 2.75) is 44.9 Å². The molecule has 0 spiro atoms. The van der Waals surface area contributed by atoms with E-state index in [0.717, 1.165) is 24.5 Å². The number of hydrogen-bond acceptors (Lipinski definition) is 2. The molecule has 1 fully saturated rings. The molecule has 0 aliphatic carbocycles. The van der Waals surface area contributed by atoms with E-state index in [1.807, 2.05) is 12.1 Å². The van der Waals surface area contributed by atoms with Crippen molar-refractivity contribution in [3.63, 3.8) is 0 Å². The maximum atomic E-state index is 5.89. The summed E-state index contributed by atoms with van der Waals surface area (Å²) in [5, 5.41) is 4.45. The van der Waals surface area contributed by atoms with Crippen LogP contribution in [0.3, 0.4) is 0 Å². The van der Waals surface area contributed by atoms with Crippen LogP contribution in [0.2, 0.25) is 5.02 Å². The van der Waals surface area contributed by atoms with E-state index in [-0.39, 0.29) is 0 Å². The van der Waals surface area contributed by atoms with Crippen molar-refractivity contribution in [3.05, 3.63) is 34.9 Å². The lowest BCUT2D eigenvalue weighted by atomic mass is 10.0. The molecule has 1 saturated heterocycles. The van der Waals surface area contributed by atoms with E-state index < -0.39 is 0 Å². The fraction of sp³-hybridized carbons (Fsp3) is 0.571. The van der Waals surface area contributed by atoms with Gasteiger partial charge in [-0.1, -0.05) is 23.7 Å². The van der Waals surface area contributed by atoms with Crippen LogP contribution < -0.4 is 5.32 Å². The van der Waals surface area contributed by atoms with Gasteiger partial charge in [0.1, 0.15) is 0 Å². The summed E-state index contributed by atoms with van der Waals surface area (Å²) in [4.78, 5) is 0. The lowest BCUT2D eigenvalue weighted by Crippen LogP contribution is -2.39. The van der Waals surface area contributed by atoms with Crippen molar-refractivity contribution in [1.82, 2.24) is 5.32 Å². The van der Waals surface area contributed by atoms with Crippen LogP contribution in [0.4, 0.5) is 0 Å². The van der Waals surface area contributed by atoms with Gasteiger partial charge >= 0.3 is 0 Å². The highest BCUT2D eigenvalue weighted by atomic mass is 35.5. The maximum Gasteiger partial charge on any atom is 0.0561 e. The van der Waals surface area contributed by atoms with Crippen LogP contribution in [-0.4, -0.2) is 18.8 Å². The zero-order valence-electron chi connectivity index (χ0n) is 10.4. The van der Waals surface area contributed by atoms with Crippen LogP contribution in [0.1, 0.15) is 38.3 Å². The third-order valence-electron chi connectivity index (χ3n) is 3.34. The molecule has 0 amide bonds. The Kier molecular flexibility index (Phi) is 4.43. The number of rotatable bonds is 3. The fourth-order valence-electron chi connectivity index (χ4n) is 2.35. The van der Waals surface area contributed by atoms with Gasteiger partial charge in [0.25, 0.3) is 0 Å². The molecule has 1 aromatic carbocycles. The molecule has 2 nitrogen and oxygen atoms in total. The summed E-state index contributed by atoms with van der Waals surface area (Å²) in [7, 11) is 0. The summed E-state index contributed by atoms with van der Waals surface area (Å²) in [5.41, 5.74) is 1.29. The first kappa shape index (κ1) is 12.9. The second kappa shape index (κ2) is 5.85. The average molecular weight is 254 g/mol. The molecule has 1 aliphatic rings. The quantitative estimate of drug-likeness (QED) is 0.890. The summed E-state index contributed by atoms with van der Waals surface area (Å²) >= 11 is 5.89. The van der Waals surface area contributed by atoms with Gasteiger partial charge in [0, 0.05) is 23.7 Å². The first-order chi connectivity index (χ1) is 8.15. The molecule has 1 heterocycles. The third-order valence-corrected chi connectivity index (χ3v) is 3.59. The van der Waals surface area contributed by atoms with Crippen LogP contribution in [0, 0.1) is 0 Å². The topological polar surface area (TPSA) is 21.3 Å². The third kappa shape index (κ3) is 3.70. The molecule has 0 saturated carbocycles. The van der Waals surface area contributed by atoms with Gasteiger partial charge < -0.3 is 10.1 Å². The second-order valence-electron chi connectivity index (χ2n) is 4.84. The molecule has 3 atom stereocenters. The van der Waals surface area contributed by atoms with E-state index in [9.17, 15) is 0 Å². The van der Waals surface area contributed by atoms with Crippen molar-refractivity contribution in [1.29, 1.82) is 0 Å². The van der Waals surface area contributed by atoms with Crippen LogP contribution in [0.5, 0.6) is 0 Å².